The van der Waals surface area contributed by atoms with Crippen LogP contribution in [0.1, 0.15) is 39.0 Å². The lowest BCUT2D eigenvalue weighted by Crippen LogP contribution is -2.35. The third kappa shape index (κ3) is 4.43. The van der Waals surface area contributed by atoms with Gasteiger partial charge in [0, 0.05) is 24.4 Å². The molecule has 2 heterocycles. The third-order valence-corrected chi connectivity index (χ3v) is 6.96. The Morgan fingerprint density at radius 2 is 2.00 bits per heavy atom. The van der Waals surface area contributed by atoms with E-state index >= 15 is 0 Å². The van der Waals surface area contributed by atoms with Crippen LogP contribution in [0.4, 0.5) is 0 Å². The number of thioether (sulfide) groups is 1. The molecule has 0 atom stereocenters. The molecule has 0 bridgehead atoms. The summed E-state index contributed by atoms with van der Waals surface area (Å²) in [4.78, 5) is 0.283. The summed E-state index contributed by atoms with van der Waals surface area (Å²) in [5.41, 5.74) is 0.632. The van der Waals surface area contributed by atoms with E-state index in [1.165, 1.54) is 11.8 Å². The van der Waals surface area contributed by atoms with E-state index in [2.05, 4.69) is 17.1 Å². The van der Waals surface area contributed by atoms with Crippen molar-refractivity contribution in [3.63, 3.8) is 0 Å². The van der Waals surface area contributed by atoms with Gasteiger partial charge in [-0.3, -0.25) is 0 Å². The summed E-state index contributed by atoms with van der Waals surface area (Å²) in [6, 6.07) is 6.77. The van der Waals surface area contributed by atoms with Crippen molar-refractivity contribution in [2.24, 2.45) is 0 Å². The molecule has 0 amide bonds. The number of benzene rings is 1. The fourth-order valence-corrected chi connectivity index (χ4v) is 5.14. The Balaban J connectivity index is 1.79. The van der Waals surface area contributed by atoms with Crippen LogP contribution in [0.5, 0.6) is 0 Å². The Bertz CT molecular complexity index is 799. The number of aromatic nitrogens is 2. The second-order valence-electron chi connectivity index (χ2n) is 6.07. The van der Waals surface area contributed by atoms with Crippen molar-refractivity contribution >= 4 is 21.8 Å². The maximum Gasteiger partial charge on any atom is 0.276 e. The first-order valence-electron chi connectivity index (χ1n) is 8.68. The Morgan fingerprint density at radius 1 is 1.20 bits per heavy atom. The monoisotopic (exact) mass is 381 g/mol. The van der Waals surface area contributed by atoms with Gasteiger partial charge in [0.1, 0.15) is 0 Å². The number of piperidine rings is 1. The molecule has 0 unspecified atom stereocenters. The minimum Gasteiger partial charge on any atom is -0.411 e. The first-order valence-corrected chi connectivity index (χ1v) is 11.1. The molecule has 25 heavy (non-hydrogen) atoms. The summed E-state index contributed by atoms with van der Waals surface area (Å²) < 4.78 is 32.8. The molecular formula is C17H23N3O3S2. The average molecular weight is 382 g/mol. The third-order valence-electron chi connectivity index (χ3n) is 4.16. The van der Waals surface area contributed by atoms with Gasteiger partial charge < -0.3 is 4.42 Å². The molecule has 1 saturated heterocycles. The van der Waals surface area contributed by atoms with Gasteiger partial charge in [-0.15, -0.1) is 10.2 Å². The van der Waals surface area contributed by atoms with Crippen LogP contribution >= 0.6 is 11.8 Å². The highest BCUT2D eigenvalue weighted by molar-refractivity contribution is 7.99. The molecule has 0 spiro atoms. The first-order chi connectivity index (χ1) is 12.1. The highest BCUT2D eigenvalue weighted by atomic mass is 32.2. The predicted molar refractivity (Wildman–Crippen MR) is 98.0 cm³/mol. The quantitative estimate of drug-likeness (QED) is 0.536. The summed E-state index contributed by atoms with van der Waals surface area (Å²) in [5.74, 6) is 1.29. The molecule has 2 aromatic rings. The molecule has 1 aliphatic heterocycles. The van der Waals surface area contributed by atoms with E-state index in [1.54, 1.807) is 28.6 Å². The first kappa shape index (κ1) is 18.4. The van der Waals surface area contributed by atoms with Crippen LogP contribution in [0, 0.1) is 0 Å². The van der Waals surface area contributed by atoms with Gasteiger partial charge in [-0.05, 0) is 37.5 Å². The largest absolute Gasteiger partial charge is 0.411 e. The SMILES string of the molecule is CCCCSc1nnc(-c2cccc(S(=O)(=O)N3CCCCC3)c2)o1. The molecule has 1 fully saturated rings. The molecular weight excluding hydrogens is 358 g/mol. The second-order valence-corrected chi connectivity index (χ2v) is 9.05. The Morgan fingerprint density at radius 3 is 2.76 bits per heavy atom. The fraction of sp³-hybridized carbons (Fsp3) is 0.529. The highest BCUT2D eigenvalue weighted by Gasteiger charge is 2.26. The van der Waals surface area contributed by atoms with Crippen molar-refractivity contribution < 1.29 is 12.8 Å². The molecule has 8 heteroatoms. The zero-order chi connectivity index (χ0) is 17.7. The zero-order valence-electron chi connectivity index (χ0n) is 14.3. The predicted octanol–water partition coefficient (Wildman–Crippen LogP) is 3.80. The van der Waals surface area contributed by atoms with Crippen LogP contribution in [0.3, 0.4) is 0 Å². The van der Waals surface area contributed by atoms with Crippen molar-refractivity contribution in [2.45, 2.75) is 49.1 Å². The maximum absolute atomic E-state index is 12.8. The highest BCUT2D eigenvalue weighted by Crippen LogP contribution is 2.27. The van der Waals surface area contributed by atoms with Crippen molar-refractivity contribution in [2.75, 3.05) is 18.8 Å². The molecule has 0 radical (unpaired) electrons. The number of hydrogen-bond donors (Lipinski definition) is 0. The van der Waals surface area contributed by atoms with Gasteiger partial charge in [0.15, 0.2) is 0 Å². The molecule has 3 rings (SSSR count). The van der Waals surface area contributed by atoms with E-state index in [0.29, 0.717) is 29.8 Å². The van der Waals surface area contributed by atoms with Crippen LogP contribution in [0.2, 0.25) is 0 Å². The Hall–Kier alpha value is -1.38. The van der Waals surface area contributed by atoms with Crippen molar-refractivity contribution in [1.29, 1.82) is 0 Å². The van der Waals surface area contributed by atoms with Gasteiger partial charge in [0.25, 0.3) is 5.22 Å². The van der Waals surface area contributed by atoms with E-state index in [0.717, 1.165) is 37.9 Å². The van der Waals surface area contributed by atoms with Crippen molar-refractivity contribution in [1.82, 2.24) is 14.5 Å². The molecule has 0 saturated carbocycles. The molecule has 1 aliphatic rings. The fourth-order valence-electron chi connectivity index (χ4n) is 2.73. The van der Waals surface area contributed by atoms with Crippen LogP contribution in [-0.2, 0) is 10.0 Å². The van der Waals surface area contributed by atoms with Crippen LogP contribution in [0.15, 0.2) is 38.8 Å². The Labute approximate surface area is 153 Å². The minimum absolute atomic E-state index is 0.283. The van der Waals surface area contributed by atoms with Gasteiger partial charge in [0.2, 0.25) is 15.9 Å². The zero-order valence-corrected chi connectivity index (χ0v) is 16.0. The normalized spacial score (nSPS) is 16.2. The van der Waals surface area contributed by atoms with Crippen LogP contribution in [0.25, 0.3) is 11.5 Å². The standard InChI is InChI=1S/C17H23N3O3S2/c1-2-3-12-24-17-19-18-16(23-17)14-8-7-9-15(13-14)25(21,22)20-10-5-4-6-11-20/h7-9,13H,2-6,10-12H2,1H3. The van der Waals surface area contributed by atoms with Gasteiger partial charge >= 0.3 is 0 Å². The summed E-state index contributed by atoms with van der Waals surface area (Å²) in [6.07, 6.45) is 5.13. The lowest BCUT2D eigenvalue weighted by atomic mass is 10.2. The number of rotatable bonds is 7. The van der Waals surface area contributed by atoms with Crippen molar-refractivity contribution in [3.8, 4) is 11.5 Å². The minimum atomic E-state index is -3.47. The van der Waals surface area contributed by atoms with Gasteiger partial charge in [-0.1, -0.05) is 37.6 Å². The summed E-state index contributed by atoms with van der Waals surface area (Å²) >= 11 is 1.53. The molecule has 1 aromatic heterocycles. The van der Waals surface area contributed by atoms with Crippen molar-refractivity contribution in [3.05, 3.63) is 24.3 Å². The molecule has 1 aromatic carbocycles. The summed E-state index contributed by atoms with van der Waals surface area (Å²) in [5, 5.41) is 8.61. The molecule has 0 N–H and O–H groups in total. The number of unbranched alkanes of at least 4 members (excludes halogenated alkanes) is 1. The van der Waals surface area contributed by atoms with E-state index in [4.69, 9.17) is 4.42 Å². The van der Waals surface area contributed by atoms with Gasteiger partial charge in [0.05, 0.1) is 4.90 Å². The topological polar surface area (TPSA) is 76.3 Å². The second kappa shape index (κ2) is 8.33. The van der Waals surface area contributed by atoms with E-state index < -0.39 is 10.0 Å². The molecule has 6 nitrogen and oxygen atoms in total. The van der Waals surface area contributed by atoms with E-state index in [9.17, 15) is 8.42 Å². The molecule has 136 valence electrons. The summed E-state index contributed by atoms with van der Waals surface area (Å²) in [7, 11) is -3.47. The summed E-state index contributed by atoms with van der Waals surface area (Å²) in [6.45, 7) is 3.31. The molecule has 0 aliphatic carbocycles. The average Bonchev–Trinajstić information content (AvgIpc) is 3.12. The van der Waals surface area contributed by atoms with Crippen LogP contribution in [-0.4, -0.2) is 41.8 Å². The lowest BCUT2D eigenvalue weighted by molar-refractivity contribution is 0.346. The van der Waals surface area contributed by atoms with E-state index in [-0.39, 0.29) is 4.90 Å². The number of nitrogens with zero attached hydrogens (tertiary/aromatic N) is 3. The number of sulfonamides is 1. The smallest absolute Gasteiger partial charge is 0.276 e. The maximum atomic E-state index is 12.8. The lowest BCUT2D eigenvalue weighted by Gasteiger charge is -2.25. The van der Waals surface area contributed by atoms with Gasteiger partial charge in [-0.25, -0.2) is 8.42 Å². The van der Waals surface area contributed by atoms with Crippen LogP contribution < -0.4 is 0 Å². The number of hydrogen-bond acceptors (Lipinski definition) is 6. The van der Waals surface area contributed by atoms with Gasteiger partial charge in [-0.2, -0.15) is 4.31 Å². The van der Waals surface area contributed by atoms with E-state index in [1.807, 2.05) is 0 Å². The Kier molecular flexibility index (Phi) is 6.14.